The Labute approximate surface area is 144 Å². The van der Waals surface area contributed by atoms with Crippen LogP contribution in [-0.2, 0) is 0 Å². The van der Waals surface area contributed by atoms with Gasteiger partial charge in [-0.25, -0.2) is 4.98 Å². The van der Waals surface area contributed by atoms with Crippen molar-refractivity contribution in [2.75, 3.05) is 0 Å². The molecule has 5 nitrogen and oxygen atoms in total. The van der Waals surface area contributed by atoms with Gasteiger partial charge in [0.1, 0.15) is 17.0 Å². The average Bonchev–Trinajstić information content (AvgIpc) is 3.29. The van der Waals surface area contributed by atoms with Crippen molar-refractivity contribution in [2.24, 2.45) is 0 Å². The van der Waals surface area contributed by atoms with E-state index in [1.807, 2.05) is 67.6 Å². The first-order chi connectivity index (χ1) is 12.2. The minimum absolute atomic E-state index is 0.200. The lowest BCUT2D eigenvalue weighted by molar-refractivity contribution is 0.0929. The SMILES string of the molecule is C[C@@H](NC(=O)c1cncn1-c1ccccc1)c1cc2ccccc2o1. The average molecular weight is 331 g/mol. The Balaban J connectivity index is 1.57. The van der Waals surface area contributed by atoms with Crippen LogP contribution in [0.1, 0.15) is 29.2 Å². The van der Waals surface area contributed by atoms with Crippen molar-refractivity contribution < 1.29 is 9.21 Å². The van der Waals surface area contributed by atoms with Crippen molar-refractivity contribution >= 4 is 16.9 Å². The number of fused-ring (bicyclic) bond motifs is 1. The maximum absolute atomic E-state index is 12.7. The molecule has 124 valence electrons. The van der Waals surface area contributed by atoms with E-state index in [4.69, 9.17) is 4.42 Å². The number of hydrogen-bond acceptors (Lipinski definition) is 3. The highest BCUT2D eigenvalue weighted by molar-refractivity contribution is 5.93. The molecule has 25 heavy (non-hydrogen) atoms. The molecule has 2 aromatic heterocycles. The van der Waals surface area contributed by atoms with Crippen LogP contribution < -0.4 is 5.32 Å². The summed E-state index contributed by atoms with van der Waals surface area (Å²) in [5.41, 5.74) is 2.18. The van der Waals surface area contributed by atoms with Crippen molar-refractivity contribution in [1.82, 2.24) is 14.9 Å². The summed E-state index contributed by atoms with van der Waals surface area (Å²) in [6.45, 7) is 1.90. The van der Waals surface area contributed by atoms with E-state index < -0.39 is 0 Å². The second-order valence-corrected chi connectivity index (χ2v) is 5.87. The zero-order valence-electron chi connectivity index (χ0n) is 13.7. The maximum Gasteiger partial charge on any atom is 0.270 e. The van der Waals surface area contributed by atoms with E-state index >= 15 is 0 Å². The molecule has 1 atom stereocenters. The lowest BCUT2D eigenvalue weighted by Crippen LogP contribution is -2.28. The van der Waals surface area contributed by atoms with Crippen LogP contribution in [-0.4, -0.2) is 15.5 Å². The fourth-order valence-electron chi connectivity index (χ4n) is 2.81. The second-order valence-electron chi connectivity index (χ2n) is 5.87. The van der Waals surface area contributed by atoms with Crippen molar-refractivity contribution in [3.63, 3.8) is 0 Å². The van der Waals surface area contributed by atoms with Crippen molar-refractivity contribution in [1.29, 1.82) is 0 Å². The lowest BCUT2D eigenvalue weighted by atomic mass is 10.2. The summed E-state index contributed by atoms with van der Waals surface area (Å²) in [4.78, 5) is 16.8. The molecule has 0 aliphatic carbocycles. The molecule has 0 saturated heterocycles. The van der Waals surface area contributed by atoms with Crippen LogP contribution >= 0.6 is 0 Å². The molecule has 0 radical (unpaired) electrons. The van der Waals surface area contributed by atoms with Crippen LogP contribution in [0.3, 0.4) is 0 Å². The summed E-state index contributed by atoms with van der Waals surface area (Å²) in [6.07, 6.45) is 3.20. The Kier molecular flexibility index (Phi) is 3.82. The predicted octanol–water partition coefficient (Wildman–Crippen LogP) is 4.11. The van der Waals surface area contributed by atoms with Crippen LogP contribution in [0.4, 0.5) is 0 Å². The van der Waals surface area contributed by atoms with Crippen molar-refractivity contribution in [3.8, 4) is 5.69 Å². The van der Waals surface area contributed by atoms with E-state index in [1.165, 1.54) is 0 Å². The minimum atomic E-state index is -0.251. The summed E-state index contributed by atoms with van der Waals surface area (Å²) < 4.78 is 7.59. The van der Waals surface area contributed by atoms with Gasteiger partial charge in [0.25, 0.3) is 5.91 Å². The number of carbonyl (C=O) groups is 1. The van der Waals surface area contributed by atoms with Gasteiger partial charge in [-0.05, 0) is 31.2 Å². The zero-order chi connectivity index (χ0) is 17.2. The molecule has 1 N–H and O–H groups in total. The molecule has 0 fully saturated rings. The van der Waals surface area contributed by atoms with Gasteiger partial charge in [-0.2, -0.15) is 0 Å². The topological polar surface area (TPSA) is 60.1 Å². The smallest absolute Gasteiger partial charge is 0.270 e. The summed E-state index contributed by atoms with van der Waals surface area (Å²) in [5.74, 6) is 0.523. The largest absolute Gasteiger partial charge is 0.459 e. The number of amides is 1. The molecule has 1 amide bonds. The molecule has 4 aromatic rings. The third kappa shape index (κ3) is 2.92. The number of benzene rings is 2. The van der Waals surface area contributed by atoms with E-state index in [-0.39, 0.29) is 11.9 Å². The maximum atomic E-state index is 12.7. The first-order valence-electron chi connectivity index (χ1n) is 8.09. The van der Waals surface area contributed by atoms with Gasteiger partial charge in [0.05, 0.1) is 18.6 Å². The Hall–Kier alpha value is -3.34. The van der Waals surface area contributed by atoms with Crippen LogP contribution in [0.5, 0.6) is 0 Å². The molecule has 0 saturated carbocycles. The molecular weight excluding hydrogens is 314 g/mol. The number of rotatable bonds is 4. The van der Waals surface area contributed by atoms with Gasteiger partial charge in [0.2, 0.25) is 0 Å². The Morgan fingerprint density at radius 3 is 2.68 bits per heavy atom. The van der Waals surface area contributed by atoms with Crippen LogP contribution in [0.25, 0.3) is 16.7 Å². The monoisotopic (exact) mass is 331 g/mol. The third-order valence-electron chi connectivity index (χ3n) is 4.12. The Bertz CT molecular complexity index is 985. The van der Waals surface area contributed by atoms with Crippen LogP contribution in [0, 0.1) is 0 Å². The second kappa shape index (κ2) is 6.28. The number of para-hydroxylation sites is 2. The quantitative estimate of drug-likeness (QED) is 0.612. The highest BCUT2D eigenvalue weighted by atomic mass is 16.3. The first kappa shape index (κ1) is 15.2. The van der Waals surface area contributed by atoms with Gasteiger partial charge in [0, 0.05) is 11.1 Å². The number of imidazole rings is 1. The van der Waals surface area contributed by atoms with Gasteiger partial charge in [-0.1, -0.05) is 36.4 Å². The number of aromatic nitrogens is 2. The van der Waals surface area contributed by atoms with E-state index in [2.05, 4.69) is 10.3 Å². The lowest BCUT2D eigenvalue weighted by Gasteiger charge is -2.13. The zero-order valence-corrected chi connectivity index (χ0v) is 13.7. The van der Waals surface area contributed by atoms with Crippen molar-refractivity contribution in [3.05, 3.63) is 84.6 Å². The number of nitrogens with zero attached hydrogens (tertiary/aromatic N) is 2. The Morgan fingerprint density at radius 1 is 1.12 bits per heavy atom. The summed E-state index contributed by atoms with van der Waals surface area (Å²) >= 11 is 0. The van der Waals surface area contributed by atoms with Crippen molar-refractivity contribution in [2.45, 2.75) is 13.0 Å². The molecule has 4 rings (SSSR count). The van der Waals surface area contributed by atoms with Gasteiger partial charge in [0.15, 0.2) is 0 Å². The number of furan rings is 1. The Morgan fingerprint density at radius 2 is 1.88 bits per heavy atom. The summed E-state index contributed by atoms with van der Waals surface area (Å²) in [7, 11) is 0. The third-order valence-corrected chi connectivity index (χ3v) is 4.12. The molecule has 2 heterocycles. The molecular formula is C20H17N3O2. The van der Waals surface area contributed by atoms with Gasteiger partial charge in [-0.15, -0.1) is 0 Å². The molecule has 5 heteroatoms. The van der Waals surface area contributed by atoms with E-state index in [0.717, 1.165) is 22.4 Å². The van der Waals surface area contributed by atoms with E-state index in [9.17, 15) is 4.79 Å². The van der Waals surface area contributed by atoms with Crippen LogP contribution in [0.15, 0.2) is 77.6 Å². The normalized spacial score (nSPS) is 12.2. The number of nitrogens with one attached hydrogen (secondary N) is 1. The predicted molar refractivity (Wildman–Crippen MR) is 95.7 cm³/mol. The minimum Gasteiger partial charge on any atom is -0.459 e. The fraction of sp³-hybridized carbons (Fsp3) is 0.100. The van der Waals surface area contributed by atoms with Crippen LogP contribution in [0.2, 0.25) is 0 Å². The number of carbonyl (C=O) groups excluding carboxylic acids is 1. The molecule has 0 spiro atoms. The fourth-order valence-corrected chi connectivity index (χ4v) is 2.81. The molecule has 0 aliphatic heterocycles. The summed E-state index contributed by atoms with van der Waals surface area (Å²) in [6, 6.07) is 19.1. The van der Waals surface area contributed by atoms with E-state index in [1.54, 1.807) is 17.1 Å². The summed E-state index contributed by atoms with van der Waals surface area (Å²) in [5, 5.41) is 4.00. The first-order valence-corrected chi connectivity index (χ1v) is 8.09. The highest BCUT2D eigenvalue weighted by Crippen LogP contribution is 2.24. The molecule has 0 bridgehead atoms. The van der Waals surface area contributed by atoms with Gasteiger partial charge >= 0.3 is 0 Å². The standard InChI is InChI=1S/C20H17N3O2/c1-14(19-11-15-7-5-6-10-18(15)25-19)22-20(24)17-12-21-13-23(17)16-8-3-2-4-9-16/h2-14H,1H3,(H,22,24)/t14-/m1/s1. The molecule has 0 aliphatic rings. The number of hydrogen-bond donors (Lipinski definition) is 1. The highest BCUT2D eigenvalue weighted by Gasteiger charge is 2.18. The molecule has 2 aromatic carbocycles. The van der Waals surface area contributed by atoms with Gasteiger partial charge in [-0.3, -0.25) is 9.36 Å². The van der Waals surface area contributed by atoms with E-state index in [0.29, 0.717) is 5.69 Å². The molecule has 0 unspecified atom stereocenters. The van der Waals surface area contributed by atoms with Gasteiger partial charge < -0.3 is 9.73 Å².